The Bertz CT molecular complexity index is 876. The maximum Gasteiger partial charge on any atom is 0.277 e. The van der Waals surface area contributed by atoms with Gasteiger partial charge in [-0.15, -0.1) is 0 Å². The van der Waals surface area contributed by atoms with Crippen LogP contribution in [0.3, 0.4) is 0 Å². The first kappa shape index (κ1) is 14.3. The summed E-state index contributed by atoms with van der Waals surface area (Å²) >= 11 is 3.37. The number of pyridine rings is 1. The zero-order chi connectivity index (χ0) is 15.5. The lowest BCUT2D eigenvalue weighted by atomic mass is 10.1. The number of fused-ring (bicyclic) bond motifs is 1. The number of nitro groups is 1. The van der Waals surface area contributed by atoms with Gasteiger partial charge >= 0.3 is 0 Å². The number of benzene rings is 2. The fraction of sp³-hybridized carbons (Fsp3) is 0. The van der Waals surface area contributed by atoms with Crippen LogP contribution in [-0.4, -0.2) is 16.1 Å². The van der Waals surface area contributed by atoms with Crippen LogP contribution in [0.25, 0.3) is 10.8 Å². The van der Waals surface area contributed by atoms with Crippen LogP contribution in [0.1, 0.15) is 5.69 Å². The molecule has 0 unspecified atom stereocenters. The number of nitro benzene ring substituents is 1. The lowest BCUT2D eigenvalue weighted by Crippen LogP contribution is -1.93. The van der Waals surface area contributed by atoms with E-state index in [1.54, 1.807) is 30.6 Å². The van der Waals surface area contributed by atoms with Crippen LogP contribution in [0, 0.1) is 10.1 Å². The Balaban J connectivity index is 2.06. The first-order valence-corrected chi connectivity index (χ1v) is 7.26. The second kappa shape index (κ2) is 6.03. The molecule has 0 aliphatic heterocycles. The van der Waals surface area contributed by atoms with E-state index in [9.17, 15) is 10.1 Å². The summed E-state index contributed by atoms with van der Waals surface area (Å²) in [7, 11) is 0. The molecular formula is C16H10BrN3O2. The fourth-order valence-corrected chi connectivity index (χ4v) is 2.40. The number of nitrogens with zero attached hydrogens (tertiary/aromatic N) is 3. The molecule has 22 heavy (non-hydrogen) atoms. The van der Waals surface area contributed by atoms with Crippen molar-refractivity contribution in [1.82, 2.24) is 4.98 Å². The van der Waals surface area contributed by atoms with Crippen molar-refractivity contribution in [2.45, 2.75) is 0 Å². The SMILES string of the molecule is O=[N+]([O-])c1cccc2c(C=Nc3ccc(Br)cc3)nccc12. The van der Waals surface area contributed by atoms with Crippen LogP contribution >= 0.6 is 15.9 Å². The Morgan fingerprint density at radius 2 is 1.86 bits per heavy atom. The van der Waals surface area contributed by atoms with Gasteiger partial charge in [-0.05, 0) is 30.3 Å². The first-order valence-electron chi connectivity index (χ1n) is 6.47. The monoisotopic (exact) mass is 355 g/mol. The molecule has 2 aromatic carbocycles. The van der Waals surface area contributed by atoms with Crippen LogP contribution in [0.5, 0.6) is 0 Å². The highest BCUT2D eigenvalue weighted by Gasteiger charge is 2.12. The van der Waals surface area contributed by atoms with Crippen molar-refractivity contribution in [2.75, 3.05) is 0 Å². The molecule has 0 aliphatic carbocycles. The zero-order valence-corrected chi connectivity index (χ0v) is 12.9. The van der Waals surface area contributed by atoms with E-state index in [0.29, 0.717) is 16.5 Å². The Morgan fingerprint density at radius 3 is 2.59 bits per heavy atom. The fourth-order valence-electron chi connectivity index (χ4n) is 2.14. The molecule has 1 heterocycles. The summed E-state index contributed by atoms with van der Waals surface area (Å²) in [4.78, 5) is 19.3. The highest BCUT2D eigenvalue weighted by molar-refractivity contribution is 9.10. The Morgan fingerprint density at radius 1 is 1.09 bits per heavy atom. The van der Waals surface area contributed by atoms with Crippen LogP contribution in [0.4, 0.5) is 11.4 Å². The molecule has 0 radical (unpaired) electrons. The molecular weight excluding hydrogens is 346 g/mol. The van der Waals surface area contributed by atoms with Gasteiger partial charge in [0.2, 0.25) is 0 Å². The molecule has 0 N–H and O–H groups in total. The van der Waals surface area contributed by atoms with E-state index in [1.165, 1.54) is 6.07 Å². The van der Waals surface area contributed by atoms with E-state index in [1.807, 2.05) is 24.3 Å². The van der Waals surface area contributed by atoms with Crippen LogP contribution in [-0.2, 0) is 0 Å². The number of non-ortho nitro benzene ring substituents is 1. The van der Waals surface area contributed by atoms with E-state index in [2.05, 4.69) is 25.9 Å². The standard InChI is InChI=1S/C16H10BrN3O2/c17-11-4-6-12(7-5-11)19-10-15-13-2-1-3-16(20(21)22)14(13)8-9-18-15/h1-10H. The topological polar surface area (TPSA) is 68.4 Å². The molecule has 6 heteroatoms. The minimum absolute atomic E-state index is 0.0678. The third-order valence-corrected chi connectivity index (χ3v) is 3.70. The molecule has 0 saturated carbocycles. The van der Waals surface area contributed by atoms with Gasteiger partial charge in [0.1, 0.15) is 0 Å². The molecule has 1 aromatic heterocycles. The van der Waals surface area contributed by atoms with Gasteiger partial charge in [0.25, 0.3) is 5.69 Å². The minimum Gasteiger partial charge on any atom is -0.258 e. The Kier molecular flexibility index (Phi) is 3.93. The predicted octanol–water partition coefficient (Wildman–Crippen LogP) is 4.66. The van der Waals surface area contributed by atoms with Crippen molar-refractivity contribution < 1.29 is 4.92 Å². The average Bonchev–Trinajstić information content (AvgIpc) is 2.53. The van der Waals surface area contributed by atoms with Crippen molar-refractivity contribution in [3.05, 3.63) is 75.0 Å². The maximum atomic E-state index is 11.1. The van der Waals surface area contributed by atoms with Crippen molar-refractivity contribution in [3.8, 4) is 0 Å². The molecule has 0 fully saturated rings. The molecule has 0 amide bonds. The second-order valence-corrected chi connectivity index (χ2v) is 5.48. The minimum atomic E-state index is -0.391. The number of aromatic nitrogens is 1. The lowest BCUT2D eigenvalue weighted by molar-refractivity contribution is -0.383. The molecule has 3 aromatic rings. The number of hydrogen-bond donors (Lipinski definition) is 0. The molecule has 0 saturated heterocycles. The van der Waals surface area contributed by atoms with Gasteiger partial charge < -0.3 is 0 Å². The molecule has 3 rings (SSSR count). The van der Waals surface area contributed by atoms with E-state index in [4.69, 9.17) is 0 Å². The average molecular weight is 356 g/mol. The first-order chi connectivity index (χ1) is 10.6. The van der Waals surface area contributed by atoms with Crippen molar-refractivity contribution in [1.29, 1.82) is 0 Å². The van der Waals surface area contributed by atoms with Crippen molar-refractivity contribution in [2.24, 2.45) is 4.99 Å². The summed E-state index contributed by atoms with van der Waals surface area (Å²) in [6, 6.07) is 14.1. The van der Waals surface area contributed by atoms with E-state index in [0.717, 1.165) is 10.2 Å². The number of rotatable bonds is 3. The molecule has 0 spiro atoms. The van der Waals surface area contributed by atoms with Crippen molar-refractivity contribution in [3.63, 3.8) is 0 Å². The summed E-state index contributed by atoms with van der Waals surface area (Å²) in [5.41, 5.74) is 1.45. The van der Waals surface area contributed by atoms with Gasteiger partial charge in [-0.1, -0.05) is 28.1 Å². The van der Waals surface area contributed by atoms with Gasteiger partial charge in [-0.25, -0.2) is 0 Å². The molecule has 0 atom stereocenters. The maximum absolute atomic E-state index is 11.1. The van der Waals surface area contributed by atoms with Crippen LogP contribution in [0.15, 0.2) is 64.2 Å². The predicted molar refractivity (Wildman–Crippen MR) is 89.8 cm³/mol. The Labute approximate surface area is 134 Å². The summed E-state index contributed by atoms with van der Waals surface area (Å²) < 4.78 is 0.977. The molecule has 0 bridgehead atoms. The third-order valence-electron chi connectivity index (χ3n) is 3.17. The highest BCUT2D eigenvalue weighted by atomic mass is 79.9. The zero-order valence-electron chi connectivity index (χ0n) is 11.3. The molecule has 5 nitrogen and oxygen atoms in total. The lowest BCUT2D eigenvalue weighted by Gasteiger charge is -2.02. The highest BCUT2D eigenvalue weighted by Crippen LogP contribution is 2.26. The van der Waals surface area contributed by atoms with Gasteiger partial charge in [0.05, 0.1) is 27.9 Å². The normalized spacial score (nSPS) is 11.1. The van der Waals surface area contributed by atoms with Gasteiger partial charge in [-0.3, -0.25) is 20.1 Å². The quantitative estimate of drug-likeness (QED) is 0.389. The molecule has 108 valence electrons. The van der Waals surface area contributed by atoms with Gasteiger partial charge in [0.15, 0.2) is 0 Å². The smallest absolute Gasteiger partial charge is 0.258 e. The Hall–Kier alpha value is -2.60. The summed E-state index contributed by atoms with van der Waals surface area (Å²) in [6.45, 7) is 0. The largest absolute Gasteiger partial charge is 0.277 e. The van der Waals surface area contributed by atoms with Gasteiger partial charge in [-0.2, -0.15) is 0 Å². The number of aliphatic imine (C=N–C) groups is 1. The number of hydrogen-bond acceptors (Lipinski definition) is 4. The van der Waals surface area contributed by atoms with Crippen LogP contribution in [0.2, 0.25) is 0 Å². The van der Waals surface area contributed by atoms with E-state index in [-0.39, 0.29) is 5.69 Å². The second-order valence-electron chi connectivity index (χ2n) is 4.56. The molecule has 0 aliphatic rings. The van der Waals surface area contributed by atoms with Crippen LogP contribution < -0.4 is 0 Å². The third kappa shape index (κ3) is 2.87. The summed E-state index contributed by atoms with van der Waals surface area (Å²) in [5.74, 6) is 0. The van der Waals surface area contributed by atoms with E-state index >= 15 is 0 Å². The van der Waals surface area contributed by atoms with E-state index < -0.39 is 4.92 Å². The van der Waals surface area contributed by atoms with Crippen molar-refractivity contribution >= 4 is 44.3 Å². The van der Waals surface area contributed by atoms with Gasteiger partial charge in [0, 0.05) is 22.1 Å². The number of halogens is 1. The summed E-state index contributed by atoms with van der Waals surface area (Å²) in [5, 5.41) is 12.3. The summed E-state index contributed by atoms with van der Waals surface area (Å²) in [6.07, 6.45) is 3.17.